The molecule has 0 spiro atoms. The van der Waals surface area contributed by atoms with Gasteiger partial charge in [-0.05, 0) is 36.4 Å². The van der Waals surface area contributed by atoms with Crippen molar-refractivity contribution in [1.82, 2.24) is 9.13 Å². The fourth-order valence-electron chi connectivity index (χ4n) is 3.79. The van der Waals surface area contributed by atoms with Gasteiger partial charge in [0, 0.05) is 12.1 Å². The molecule has 10 nitrogen and oxygen atoms in total. The normalized spacial score (nSPS) is 11.5. The molecule has 0 atom stereocenters. The number of nitrogen functional groups attached to an aromatic ring is 2. The summed E-state index contributed by atoms with van der Waals surface area (Å²) in [5.41, 5.74) is 8.67. The van der Waals surface area contributed by atoms with Gasteiger partial charge in [-0.1, -0.05) is 0 Å². The maximum Gasteiger partial charge on any atom is 0.266 e. The van der Waals surface area contributed by atoms with E-state index in [-0.39, 0.29) is 55.8 Å². The van der Waals surface area contributed by atoms with Crippen molar-refractivity contribution in [2.24, 2.45) is 0 Å². The SMILES string of the molecule is Nc1ccc(-n2c(=O)c3cc4c(=O)n(-c5ccc(N)c(O)c5)c(=O)c4cc3c2=O)cc1O. The summed E-state index contributed by atoms with van der Waals surface area (Å²) >= 11 is 0. The van der Waals surface area contributed by atoms with Crippen molar-refractivity contribution in [3.05, 3.63) is 89.9 Å². The van der Waals surface area contributed by atoms with Crippen molar-refractivity contribution in [3.63, 3.8) is 0 Å². The fraction of sp³-hybridized carbons (Fsp3) is 0. The molecule has 3 aromatic carbocycles. The van der Waals surface area contributed by atoms with Gasteiger partial charge in [0.1, 0.15) is 11.5 Å². The van der Waals surface area contributed by atoms with Gasteiger partial charge in [-0.15, -0.1) is 0 Å². The Hall–Kier alpha value is -4.86. The van der Waals surface area contributed by atoms with E-state index in [2.05, 4.69) is 0 Å². The Bertz CT molecular complexity index is 1600. The summed E-state index contributed by atoms with van der Waals surface area (Å²) in [4.78, 5) is 51.8. The Kier molecular flexibility index (Phi) is 3.78. The first-order valence-electron chi connectivity index (χ1n) is 9.31. The standard InChI is InChI=1S/C22H14N4O6/c23-15-3-1-9(5-17(15)27)25-19(29)11-7-13-14(8-12(11)20(25)30)22(32)26(21(13)31)10-2-4-16(24)18(28)6-10/h1-8,27-28H,23-24H2. The Morgan fingerprint density at radius 3 is 1.12 bits per heavy atom. The molecule has 2 aromatic heterocycles. The first-order valence-corrected chi connectivity index (χ1v) is 9.31. The lowest BCUT2D eigenvalue weighted by Crippen LogP contribution is -2.24. The van der Waals surface area contributed by atoms with Crippen LogP contribution in [0.3, 0.4) is 0 Å². The summed E-state index contributed by atoms with van der Waals surface area (Å²) < 4.78 is 1.67. The molecular weight excluding hydrogens is 416 g/mol. The molecule has 0 aliphatic heterocycles. The zero-order chi connectivity index (χ0) is 22.9. The van der Waals surface area contributed by atoms with E-state index in [1.165, 1.54) is 48.5 Å². The third kappa shape index (κ3) is 2.46. The highest BCUT2D eigenvalue weighted by Gasteiger charge is 2.21. The lowest BCUT2D eigenvalue weighted by atomic mass is 10.1. The van der Waals surface area contributed by atoms with Crippen LogP contribution >= 0.6 is 0 Å². The first-order chi connectivity index (χ1) is 15.2. The third-order valence-corrected chi connectivity index (χ3v) is 5.44. The lowest BCUT2D eigenvalue weighted by molar-refractivity contribution is 0.477. The number of anilines is 2. The summed E-state index contributed by atoms with van der Waals surface area (Å²) in [6, 6.07) is 10.3. The Labute approximate surface area is 177 Å². The first kappa shape index (κ1) is 19.1. The van der Waals surface area contributed by atoms with Crippen molar-refractivity contribution in [2.75, 3.05) is 11.5 Å². The van der Waals surface area contributed by atoms with Crippen LogP contribution in [0.5, 0.6) is 11.5 Å². The van der Waals surface area contributed by atoms with Crippen molar-refractivity contribution in [3.8, 4) is 22.9 Å². The number of benzene rings is 3. The molecule has 10 heteroatoms. The Morgan fingerprint density at radius 2 is 0.844 bits per heavy atom. The summed E-state index contributed by atoms with van der Waals surface area (Å²) in [6.45, 7) is 0. The van der Waals surface area contributed by atoms with Gasteiger partial charge in [0.2, 0.25) is 0 Å². The number of nitrogens with two attached hydrogens (primary N) is 2. The smallest absolute Gasteiger partial charge is 0.266 e. The number of nitrogens with zero attached hydrogens (tertiary/aromatic N) is 2. The number of fused-ring (bicyclic) bond motifs is 2. The maximum absolute atomic E-state index is 13.0. The summed E-state index contributed by atoms with van der Waals surface area (Å²) in [6.07, 6.45) is 0. The van der Waals surface area contributed by atoms with E-state index in [0.29, 0.717) is 0 Å². The molecule has 5 aromatic rings. The van der Waals surface area contributed by atoms with Crippen LogP contribution in [0.2, 0.25) is 0 Å². The molecule has 0 saturated carbocycles. The molecule has 0 aliphatic carbocycles. The molecule has 6 N–H and O–H groups in total. The van der Waals surface area contributed by atoms with E-state index >= 15 is 0 Å². The average molecular weight is 430 g/mol. The van der Waals surface area contributed by atoms with Crippen LogP contribution in [0.1, 0.15) is 0 Å². The van der Waals surface area contributed by atoms with Gasteiger partial charge < -0.3 is 21.7 Å². The van der Waals surface area contributed by atoms with Crippen molar-refractivity contribution in [1.29, 1.82) is 0 Å². The van der Waals surface area contributed by atoms with Crippen LogP contribution in [0.4, 0.5) is 11.4 Å². The highest BCUT2D eigenvalue weighted by Crippen LogP contribution is 2.24. The molecule has 0 saturated heterocycles. The lowest BCUT2D eigenvalue weighted by Gasteiger charge is -2.03. The van der Waals surface area contributed by atoms with Gasteiger partial charge >= 0.3 is 0 Å². The average Bonchev–Trinajstić information content (AvgIpc) is 3.15. The summed E-state index contributed by atoms with van der Waals surface area (Å²) in [5.74, 6) is -0.594. The predicted octanol–water partition coefficient (Wildman–Crippen LogP) is 0.466. The predicted molar refractivity (Wildman–Crippen MR) is 120 cm³/mol. The number of hydrogen-bond donors (Lipinski definition) is 4. The fourth-order valence-corrected chi connectivity index (χ4v) is 3.79. The number of hydrogen-bond acceptors (Lipinski definition) is 8. The maximum atomic E-state index is 13.0. The van der Waals surface area contributed by atoms with Crippen LogP contribution < -0.4 is 33.7 Å². The molecule has 2 heterocycles. The zero-order valence-corrected chi connectivity index (χ0v) is 16.2. The van der Waals surface area contributed by atoms with Gasteiger partial charge in [-0.3, -0.25) is 19.2 Å². The van der Waals surface area contributed by atoms with E-state index in [0.717, 1.165) is 9.13 Å². The monoisotopic (exact) mass is 430 g/mol. The van der Waals surface area contributed by atoms with E-state index in [4.69, 9.17) is 11.5 Å². The van der Waals surface area contributed by atoms with Crippen molar-refractivity contribution < 1.29 is 10.2 Å². The van der Waals surface area contributed by atoms with E-state index in [1.54, 1.807) is 0 Å². The zero-order valence-electron chi connectivity index (χ0n) is 16.2. The molecule has 0 amide bonds. The van der Waals surface area contributed by atoms with Gasteiger partial charge in [0.25, 0.3) is 22.2 Å². The summed E-state index contributed by atoms with van der Waals surface area (Å²) in [7, 11) is 0. The number of aromatic nitrogens is 2. The number of aromatic hydroxyl groups is 2. The number of phenols is 2. The summed E-state index contributed by atoms with van der Waals surface area (Å²) in [5, 5.41) is 19.5. The molecule has 0 fully saturated rings. The molecule has 0 radical (unpaired) electrons. The minimum Gasteiger partial charge on any atom is -0.506 e. The molecule has 0 unspecified atom stereocenters. The minimum atomic E-state index is -0.708. The second-order valence-corrected chi connectivity index (χ2v) is 7.32. The highest BCUT2D eigenvalue weighted by atomic mass is 16.3. The van der Waals surface area contributed by atoms with Crippen molar-refractivity contribution in [2.45, 2.75) is 0 Å². The van der Waals surface area contributed by atoms with Gasteiger partial charge in [0.05, 0.1) is 44.3 Å². The molecule has 32 heavy (non-hydrogen) atoms. The largest absolute Gasteiger partial charge is 0.506 e. The molecule has 158 valence electrons. The molecular formula is C22H14N4O6. The van der Waals surface area contributed by atoms with Gasteiger partial charge in [-0.25, -0.2) is 9.13 Å². The Balaban J connectivity index is 1.83. The quantitative estimate of drug-likeness (QED) is 0.231. The second-order valence-electron chi connectivity index (χ2n) is 7.32. The van der Waals surface area contributed by atoms with E-state index < -0.39 is 22.2 Å². The van der Waals surface area contributed by atoms with Crippen LogP contribution in [0.15, 0.2) is 67.7 Å². The van der Waals surface area contributed by atoms with Crippen molar-refractivity contribution >= 4 is 32.9 Å². The van der Waals surface area contributed by atoms with E-state index in [1.807, 2.05) is 0 Å². The van der Waals surface area contributed by atoms with Crippen LogP contribution in [0, 0.1) is 0 Å². The van der Waals surface area contributed by atoms with Gasteiger partial charge in [-0.2, -0.15) is 0 Å². The highest BCUT2D eigenvalue weighted by molar-refractivity contribution is 5.98. The Morgan fingerprint density at radius 1 is 0.531 bits per heavy atom. The van der Waals surface area contributed by atoms with Crippen LogP contribution in [0.25, 0.3) is 32.9 Å². The molecule has 5 rings (SSSR count). The number of phenolic OH excluding ortho intramolecular Hbond substituents is 2. The van der Waals surface area contributed by atoms with Gasteiger partial charge in [0.15, 0.2) is 0 Å². The van der Waals surface area contributed by atoms with Crippen LogP contribution in [-0.2, 0) is 0 Å². The second kappa shape index (κ2) is 6.32. The minimum absolute atomic E-state index is 0.0479. The topological polar surface area (TPSA) is 171 Å². The third-order valence-electron chi connectivity index (χ3n) is 5.44. The number of rotatable bonds is 2. The van der Waals surface area contributed by atoms with E-state index in [9.17, 15) is 29.4 Å². The van der Waals surface area contributed by atoms with Crippen LogP contribution in [-0.4, -0.2) is 19.3 Å². The molecule has 0 aliphatic rings. The molecule has 0 bridgehead atoms.